The standard InChI is InChI=1S/C28H26N2O6/c29-25(32)20-12-10-19(11-13-20)18-8-5-17(6-9-18)7-14-24(31)23(28(35)36)15-16-30-26(33)21-3-1-2-4-22(21)27(30)34/h1-6,8-13,23-24,31H,7,14-16H2,(H2,29,32)(H,35,36). The average Bonchev–Trinajstić information content (AvgIpc) is 3.12. The van der Waals surface area contributed by atoms with E-state index in [0.29, 0.717) is 23.1 Å². The summed E-state index contributed by atoms with van der Waals surface area (Å²) in [4.78, 5) is 49.1. The third-order valence-electron chi connectivity index (χ3n) is 6.51. The lowest BCUT2D eigenvalue weighted by molar-refractivity contribution is -0.146. The molecule has 4 N–H and O–H groups in total. The highest BCUT2D eigenvalue weighted by molar-refractivity contribution is 6.21. The molecule has 36 heavy (non-hydrogen) atoms. The summed E-state index contributed by atoms with van der Waals surface area (Å²) >= 11 is 0. The van der Waals surface area contributed by atoms with Crippen molar-refractivity contribution in [2.75, 3.05) is 6.54 Å². The number of aliphatic hydroxyl groups is 1. The molecule has 1 aliphatic rings. The molecule has 8 heteroatoms. The molecule has 4 rings (SSSR count). The number of rotatable bonds is 10. The lowest BCUT2D eigenvalue weighted by Gasteiger charge is -2.22. The molecule has 0 saturated heterocycles. The number of primary amides is 1. The first-order valence-corrected chi connectivity index (χ1v) is 11.6. The number of aliphatic hydroxyl groups excluding tert-OH is 1. The minimum Gasteiger partial charge on any atom is -0.481 e. The average molecular weight is 487 g/mol. The molecule has 3 aromatic rings. The first kappa shape index (κ1) is 24.8. The number of carboxylic acid groups (broad SMARTS) is 1. The summed E-state index contributed by atoms with van der Waals surface area (Å²) in [5.74, 6) is -3.66. The fourth-order valence-corrected chi connectivity index (χ4v) is 4.40. The predicted molar refractivity (Wildman–Crippen MR) is 132 cm³/mol. The number of carbonyl (C=O) groups excluding carboxylic acids is 3. The van der Waals surface area contributed by atoms with Crippen LogP contribution < -0.4 is 5.73 Å². The Labute approximate surface area is 208 Å². The lowest BCUT2D eigenvalue weighted by Crippen LogP contribution is -2.36. The van der Waals surface area contributed by atoms with Crippen molar-refractivity contribution in [3.8, 4) is 11.1 Å². The highest BCUT2D eigenvalue weighted by atomic mass is 16.4. The van der Waals surface area contributed by atoms with Crippen LogP contribution in [-0.4, -0.2) is 51.5 Å². The largest absolute Gasteiger partial charge is 0.481 e. The molecule has 0 radical (unpaired) electrons. The highest BCUT2D eigenvalue weighted by Gasteiger charge is 2.36. The van der Waals surface area contributed by atoms with Crippen LogP contribution in [0, 0.1) is 5.92 Å². The van der Waals surface area contributed by atoms with Crippen LogP contribution in [0.4, 0.5) is 0 Å². The van der Waals surface area contributed by atoms with Crippen LogP contribution in [0.15, 0.2) is 72.8 Å². The van der Waals surface area contributed by atoms with Gasteiger partial charge in [0.2, 0.25) is 5.91 Å². The van der Waals surface area contributed by atoms with Crippen molar-refractivity contribution in [2.24, 2.45) is 11.7 Å². The van der Waals surface area contributed by atoms with Crippen LogP contribution >= 0.6 is 0 Å². The normalized spacial score (nSPS) is 14.4. The van der Waals surface area contributed by atoms with Gasteiger partial charge in [0.25, 0.3) is 11.8 Å². The van der Waals surface area contributed by atoms with Crippen molar-refractivity contribution in [3.63, 3.8) is 0 Å². The molecule has 0 aromatic heterocycles. The SMILES string of the molecule is NC(=O)c1ccc(-c2ccc(CCC(O)C(CCN3C(=O)c4ccccc4C3=O)C(=O)O)cc2)cc1. The topological polar surface area (TPSA) is 138 Å². The van der Waals surface area contributed by atoms with Gasteiger partial charge in [-0.3, -0.25) is 24.1 Å². The molecule has 2 unspecified atom stereocenters. The Balaban J connectivity index is 1.34. The first-order chi connectivity index (χ1) is 17.3. The molecule has 2 atom stereocenters. The fourth-order valence-electron chi connectivity index (χ4n) is 4.40. The zero-order valence-corrected chi connectivity index (χ0v) is 19.5. The van der Waals surface area contributed by atoms with Crippen molar-refractivity contribution >= 4 is 23.7 Å². The number of fused-ring (bicyclic) bond motifs is 1. The van der Waals surface area contributed by atoms with E-state index in [2.05, 4.69) is 0 Å². The van der Waals surface area contributed by atoms with Crippen LogP contribution in [0.25, 0.3) is 11.1 Å². The van der Waals surface area contributed by atoms with E-state index >= 15 is 0 Å². The number of aryl methyl sites for hydroxylation is 1. The molecule has 184 valence electrons. The predicted octanol–water partition coefficient (Wildman–Crippen LogP) is 3.13. The minimum absolute atomic E-state index is 0.0395. The van der Waals surface area contributed by atoms with E-state index < -0.39 is 35.7 Å². The number of hydrogen-bond donors (Lipinski definition) is 3. The maximum absolute atomic E-state index is 12.5. The van der Waals surface area contributed by atoms with Gasteiger partial charge in [-0.1, -0.05) is 48.5 Å². The monoisotopic (exact) mass is 486 g/mol. The zero-order valence-electron chi connectivity index (χ0n) is 19.5. The maximum Gasteiger partial charge on any atom is 0.309 e. The lowest BCUT2D eigenvalue weighted by atomic mass is 9.93. The van der Waals surface area contributed by atoms with E-state index in [1.54, 1.807) is 36.4 Å². The van der Waals surface area contributed by atoms with Crippen LogP contribution in [0.5, 0.6) is 0 Å². The van der Waals surface area contributed by atoms with Gasteiger partial charge in [-0.25, -0.2) is 0 Å². The van der Waals surface area contributed by atoms with Gasteiger partial charge in [0.15, 0.2) is 0 Å². The van der Waals surface area contributed by atoms with Crippen LogP contribution in [-0.2, 0) is 11.2 Å². The Morgan fingerprint density at radius 1 is 0.806 bits per heavy atom. The molecule has 1 aliphatic heterocycles. The summed E-state index contributed by atoms with van der Waals surface area (Å²) in [5.41, 5.74) is 9.11. The van der Waals surface area contributed by atoms with Gasteiger partial charge in [0.1, 0.15) is 0 Å². The number of amides is 3. The van der Waals surface area contributed by atoms with Crippen LogP contribution in [0.3, 0.4) is 0 Å². The molecule has 1 heterocycles. The van der Waals surface area contributed by atoms with Gasteiger partial charge in [-0.2, -0.15) is 0 Å². The van der Waals surface area contributed by atoms with E-state index in [1.165, 1.54) is 0 Å². The first-order valence-electron chi connectivity index (χ1n) is 11.6. The fraction of sp³-hybridized carbons (Fsp3) is 0.214. The van der Waals surface area contributed by atoms with Gasteiger partial charge >= 0.3 is 5.97 Å². The second-order valence-corrected chi connectivity index (χ2v) is 8.79. The third-order valence-corrected chi connectivity index (χ3v) is 6.51. The smallest absolute Gasteiger partial charge is 0.309 e. The molecule has 0 fully saturated rings. The summed E-state index contributed by atoms with van der Waals surface area (Å²) in [6, 6.07) is 21.1. The van der Waals surface area contributed by atoms with Gasteiger partial charge in [-0.15, -0.1) is 0 Å². The minimum atomic E-state index is -1.17. The molecule has 0 saturated carbocycles. The highest BCUT2D eigenvalue weighted by Crippen LogP contribution is 2.25. The van der Waals surface area contributed by atoms with E-state index in [4.69, 9.17) is 5.73 Å². The summed E-state index contributed by atoms with van der Waals surface area (Å²) < 4.78 is 0. The third kappa shape index (κ3) is 5.18. The summed E-state index contributed by atoms with van der Waals surface area (Å²) in [5, 5.41) is 20.3. The molecule has 0 spiro atoms. The van der Waals surface area contributed by atoms with Crippen molar-refractivity contribution < 1.29 is 29.4 Å². The number of aliphatic carboxylic acids is 1. The Kier molecular flexibility index (Phi) is 7.26. The molecule has 3 amide bonds. The number of carbonyl (C=O) groups is 4. The molecular weight excluding hydrogens is 460 g/mol. The zero-order chi connectivity index (χ0) is 25.8. The molecule has 0 bridgehead atoms. The van der Waals surface area contributed by atoms with E-state index in [9.17, 15) is 29.4 Å². The summed E-state index contributed by atoms with van der Waals surface area (Å²) in [6.07, 6.45) is -0.508. The van der Waals surface area contributed by atoms with Gasteiger partial charge in [-0.05, 0) is 60.2 Å². The molecule has 3 aromatic carbocycles. The van der Waals surface area contributed by atoms with E-state index in [1.807, 2.05) is 36.4 Å². The summed E-state index contributed by atoms with van der Waals surface area (Å²) in [7, 11) is 0. The van der Waals surface area contributed by atoms with Crippen molar-refractivity contribution in [1.82, 2.24) is 4.90 Å². The van der Waals surface area contributed by atoms with E-state index in [0.717, 1.165) is 21.6 Å². The molecule has 8 nitrogen and oxygen atoms in total. The second-order valence-electron chi connectivity index (χ2n) is 8.79. The van der Waals surface area contributed by atoms with Crippen molar-refractivity contribution in [1.29, 1.82) is 0 Å². The Hall–Kier alpha value is -4.30. The maximum atomic E-state index is 12.5. The Morgan fingerprint density at radius 3 is 1.83 bits per heavy atom. The number of nitrogens with zero attached hydrogens (tertiary/aromatic N) is 1. The molecule has 0 aliphatic carbocycles. The quantitative estimate of drug-likeness (QED) is 0.377. The van der Waals surface area contributed by atoms with Crippen molar-refractivity contribution in [3.05, 3.63) is 95.1 Å². The molecular formula is C28H26N2O6. The van der Waals surface area contributed by atoms with Crippen LogP contribution in [0.1, 0.15) is 49.5 Å². The number of nitrogens with two attached hydrogens (primary N) is 1. The Morgan fingerprint density at radius 2 is 1.33 bits per heavy atom. The number of carboxylic acids is 1. The van der Waals surface area contributed by atoms with Crippen LogP contribution in [0.2, 0.25) is 0 Å². The Bertz CT molecular complexity index is 1270. The second kappa shape index (κ2) is 10.5. The van der Waals surface area contributed by atoms with Gasteiger partial charge in [0.05, 0.1) is 23.1 Å². The number of hydrogen-bond acceptors (Lipinski definition) is 5. The number of imide groups is 1. The summed E-state index contributed by atoms with van der Waals surface area (Å²) in [6.45, 7) is -0.0797. The van der Waals surface area contributed by atoms with E-state index in [-0.39, 0.29) is 19.4 Å². The van der Waals surface area contributed by atoms with Crippen molar-refractivity contribution in [2.45, 2.75) is 25.4 Å². The van der Waals surface area contributed by atoms with Gasteiger partial charge in [0, 0.05) is 12.1 Å². The number of benzene rings is 3. The van der Waals surface area contributed by atoms with Gasteiger partial charge < -0.3 is 15.9 Å².